The van der Waals surface area contributed by atoms with Crippen molar-refractivity contribution in [3.05, 3.63) is 65.0 Å². The van der Waals surface area contributed by atoms with Gasteiger partial charge in [-0.05, 0) is 55.2 Å². The fourth-order valence-electron chi connectivity index (χ4n) is 2.55. The molecule has 5 nitrogen and oxygen atoms in total. The molecule has 0 aliphatic rings. The largest absolute Gasteiger partial charge is 0.494 e. The maximum Gasteiger partial charge on any atom is 0.330 e. The minimum atomic E-state index is -1.21. The Balaban J connectivity index is 1.97. The zero-order valence-electron chi connectivity index (χ0n) is 14.8. The van der Waals surface area contributed by atoms with Crippen LogP contribution in [0.1, 0.15) is 36.1 Å². The highest BCUT2D eigenvalue weighted by Crippen LogP contribution is 2.18. The van der Waals surface area contributed by atoms with E-state index in [-0.39, 0.29) is 12.3 Å². The number of hydrogen-bond donors (Lipinski definition) is 2. The molecule has 0 aliphatic heterocycles. The quantitative estimate of drug-likeness (QED) is 0.757. The van der Waals surface area contributed by atoms with Crippen molar-refractivity contribution >= 4 is 11.9 Å². The Morgan fingerprint density at radius 1 is 1.19 bits per heavy atom. The number of carbonyl (C=O) groups is 2. The van der Waals surface area contributed by atoms with Crippen LogP contribution in [0.15, 0.2) is 42.5 Å². The zero-order chi connectivity index (χ0) is 19.1. The van der Waals surface area contributed by atoms with E-state index in [1.54, 1.807) is 6.92 Å². The van der Waals surface area contributed by atoms with Crippen LogP contribution < -0.4 is 10.1 Å². The zero-order valence-corrected chi connectivity index (χ0v) is 14.8. The van der Waals surface area contributed by atoms with E-state index in [0.29, 0.717) is 24.2 Å². The van der Waals surface area contributed by atoms with Crippen molar-refractivity contribution in [2.45, 2.75) is 32.7 Å². The number of carboxylic acids is 1. The molecule has 1 unspecified atom stereocenters. The van der Waals surface area contributed by atoms with Crippen molar-refractivity contribution in [2.75, 3.05) is 6.61 Å². The SMILES string of the molecule is CCOc1ccc(CCC(=O)NC(C(=O)O)c2ccc(F)c(C)c2)cc1. The third-order valence-corrected chi connectivity index (χ3v) is 3.94. The van der Waals surface area contributed by atoms with E-state index in [4.69, 9.17) is 4.74 Å². The van der Waals surface area contributed by atoms with Gasteiger partial charge in [-0.3, -0.25) is 4.79 Å². The Morgan fingerprint density at radius 2 is 1.88 bits per heavy atom. The molecule has 0 aromatic heterocycles. The minimum Gasteiger partial charge on any atom is -0.494 e. The van der Waals surface area contributed by atoms with Gasteiger partial charge in [0.2, 0.25) is 5.91 Å². The van der Waals surface area contributed by atoms with Crippen LogP contribution in [-0.2, 0) is 16.0 Å². The number of halogens is 1. The molecule has 0 fully saturated rings. The van der Waals surface area contributed by atoms with Gasteiger partial charge in [-0.15, -0.1) is 0 Å². The second kappa shape index (κ2) is 8.99. The monoisotopic (exact) mass is 359 g/mol. The predicted molar refractivity (Wildman–Crippen MR) is 95.6 cm³/mol. The number of aliphatic carboxylic acids is 1. The Morgan fingerprint density at radius 3 is 2.46 bits per heavy atom. The summed E-state index contributed by atoms with van der Waals surface area (Å²) < 4.78 is 18.7. The van der Waals surface area contributed by atoms with Gasteiger partial charge in [0, 0.05) is 6.42 Å². The van der Waals surface area contributed by atoms with Crippen molar-refractivity contribution in [3.63, 3.8) is 0 Å². The summed E-state index contributed by atoms with van der Waals surface area (Å²) in [6, 6.07) is 10.2. The number of benzene rings is 2. The first-order valence-corrected chi connectivity index (χ1v) is 8.40. The lowest BCUT2D eigenvalue weighted by Gasteiger charge is -2.16. The number of hydrogen-bond acceptors (Lipinski definition) is 3. The number of carboxylic acid groups (broad SMARTS) is 1. The van der Waals surface area contributed by atoms with Crippen LogP contribution in [0.4, 0.5) is 4.39 Å². The number of carbonyl (C=O) groups excluding carboxylic acids is 1. The second-order valence-electron chi connectivity index (χ2n) is 5.92. The molecule has 0 aliphatic carbocycles. The molecular formula is C20H22FNO4. The van der Waals surface area contributed by atoms with Crippen molar-refractivity contribution in [2.24, 2.45) is 0 Å². The summed E-state index contributed by atoms with van der Waals surface area (Å²) >= 11 is 0. The van der Waals surface area contributed by atoms with Gasteiger partial charge < -0.3 is 15.2 Å². The number of amides is 1. The number of nitrogens with one attached hydrogen (secondary N) is 1. The molecule has 0 heterocycles. The molecule has 0 saturated heterocycles. The lowest BCUT2D eigenvalue weighted by Crippen LogP contribution is -2.34. The summed E-state index contributed by atoms with van der Waals surface area (Å²) in [6.07, 6.45) is 0.630. The fourth-order valence-corrected chi connectivity index (χ4v) is 2.55. The number of aryl methyl sites for hydroxylation is 2. The van der Waals surface area contributed by atoms with Crippen molar-refractivity contribution < 1.29 is 23.8 Å². The Labute approximate surface area is 151 Å². The molecule has 0 saturated carbocycles. The molecule has 0 bridgehead atoms. The standard InChI is InChI=1S/C20H22FNO4/c1-3-26-16-8-4-14(5-9-16)6-11-18(23)22-19(20(24)25)15-7-10-17(21)13(2)12-15/h4-5,7-10,12,19H,3,6,11H2,1-2H3,(H,22,23)(H,24,25). The van der Waals surface area contributed by atoms with E-state index in [1.807, 2.05) is 31.2 Å². The molecule has 1 atom stereocenters. The minimum absolute atomic E-state index is 0.151. The van der Waals surface area contributed by atoms with E-state index in [9.17, 15) is 19.1 Å². The first-order valence-electron chi connectivity index (χ1n) is 8.40. The molecule has 2 aromatic carbocycles. The van der Waals surface area contributed by atoms with Crippen LogP contribution in [0, 0.1) is 12.7 Å². The van der Waals surface area contributed by atoms with E-state index in [2.05, 4.69) is 5.32 Å². The van der Waals surface area contributed by atoms with Crippen LogP contribution in [0.25, 0.3) is 0 Å². The van der Waals surface area contributed by atoms with Gasteiger partial charge in [-0.25, -0.2) is 9.18 Å². The predicted octanol–water partition coefficient (Wildman–Crippen LogP) is 3.41. The van der Waals surface area contributed by atoms with Gasteiger partial charge in [0.25, 0.3) is 0 Å². The van der Waals surface area contributed by atoms with Crippen molar-refractivity contribution in [3.8, 4) is 5.75 Å². The highest BCUT2D eigenvalue weighted by atomic mass is 19.1. The first kappa shape index (κ1) is 19.4. The summed E-state index contributed by atoms with van der Waals surface area (Å²) in [4.78, 5) is 23.6. The fraction of sp³-hybridized carbons (Fsp3) is 0.300. The molecule has 2 N–H and O–H groups in total. The van der Waals surface area contributed by atoms with Gasteiger partial charge >= 0.3 is 5.97 Å². The third-order valence-electron chi connectivity index (χ3n) is 3.94. The number of ether oxygens (including phenoxy) is 1. The van der Waals surface area contributed by atoms with Crippen LogP contribution >= 0.6 is 0 Å². The lowest BCUT2D eigenvalue weighted by molar-refractivity contribution is -0.142. The molecule has 26 heavy (non-hydrogen) atoms. The molecule has 2 rings (SSSR count). The van der Waals surface area contributed by atoms with Gasteiger partial charge in [-0.2, -0.15) is 0 Å². The van der Waals surface area contributed by atoms with Gasteiger partial charge in [-0.1, -0.05) is 24.3 Å². The van der Waals surface area contributed by atoms with Gasteiger partial charge in [0.1, 0.15) is 11.6 Å². The second-order valence-corrected chi connectivity index (χ2v) is 5.92. The van der Waals surface area contributed by atoms with Crippen molar-refractivity contribution in [1.82, 2.24) is 5.32 Å². The first-order chi connectivity index (χ1) is 12.4. The van der Waals surface area contributed by atoms with E-state index in [0.717, 1.165) is 11.3 Å². The molecule has 1 amide bonds. The third kappa shape index (κ3) is 5.31. The maximum atomic E-state index is 13.4. The van der Waals surface area contributed by atoms with Gasteiger partial charge in [0.15, 0.2) is 6.04 Å². The summed E-state index contributed by atoms with van der Waals surface area (Å²) in [5.74, 6) is -1.23. The topological polar surface area (TPSA) is 75.6 Å². The van der Waals surface area contributed by atoms with Crippen LogP contribution in [0.3, 0.4) is 0 Å². The van der Waals surface area contributed by atoms with Crippen LogP contribution in [-0.4, -0.2) is 23.6 Å². The molecule has 138 valence electrons. The maximum absolute atomic E-state index is 13.4. The lowest BCUT2D eigenvalue weighted by atomic mass is 10.0. The van der Waals surface area contributed by atoms with Gasteiger partial charge in [0.05, 0.1) is 6.61 Å². The molecule has 6 heteroatoms. The summed E-state index contributed by atoms with van der Waals surface area (Å²) in [7, 11) is 0. The highest BCUT2D eigenvalue weighted by Gasteiger charge is 2.22. The smallest absolute Gasteiger partial charge is 0.330 e. The summed E-state index contributed by atoms with van der Waals surface area (Å²) in [6.45, 7) is 4.03. The highest BCUT2D eigenvalue weighted by molar-refractivity contribution is 5.84. The molecule has 0 radical (unpaired) electrons. The summed E-state index contributed by atoms with van der Waals surface area (Å²) in [5.41, 5.74) is 1.62. The average Bonchev–Trinajstić information content (AvgIpc) is 2.61. The number of rotatable bonds is 8. The molecule has 0 spiro atoms. The van der Waals surface area contributed by atoms with E-state index >= 15 is 0 Å². The average molecular weight is 359 g/mol. The Bertz CT molecular complexity index is 774. The van der Waals surface area contributed by atoms with Crippen LogP contribution in [0.5, 0.6) is 5.75 Å². The molecular weight excluding hydrogens is 337 g/mol. The summed E-state index contributed by atoms with van der Waals surface area (Å²) in [5, 5.41) is 11.9. The Hall–Kier alpha value is -2.89. The van der Waals surface area contributed by atoms with Crippen molar-refractivity contribution in [1.29, 1.82) is 0 Å². The molecule has 2 aromatic rings. The van der Waals surface area contributed by atoms with E-state index < -0.39 is 17.8 Å². The van der Waals surface area contributed by atoms with Crippen LogP contribution in [0.2, 0.25) is 0 Å². The normalized spacial score (nSPS) is 11.7. The Kier molecular flexibility index (Phi) is 6.72. The van der Waals surface area contributed by atoms with E-state index in [1.165, 1.54) is 18.2 Å².